The number of fused-ring (bicyclic) bond motifs is 1. The molecule has 4 rings (SSSR count). The Morgan fingerprint density at radius 1 is 1.22 bits per heavy atom. The van der Waals surface area contributed by atoms with Crippen LogP contribution in [0.5, 0.6) is 0 Å². The van der Waals surface area contributed by atoms with Crippen molar-refractivity contribution in [1.82, 2.24) is 14.7 Å². The summed E-state index contributed by atoms with van der Waals surface area (Å²) in [4.78, 5) is 43.2. The first-order valence-corrected chi connectivity index (χ1v) is 9.49. The highest BCUT2D eigenvalue weighted by Crippen LogP contribution is 2.46. The van der Waals surface area contributed by atoms with E-state index in [4.69, 9.17) is 0 Å². The Bertz CT molecular complexity index is 792. The fourth-order valence-electron chi connectivity index (χ4n) is 4.00. The summed E-state index contributed by atoms with van der Waals surface area (Å²) < 4.78 is 13.4. The molecule has 144 valence electrons. The zero-order valence-corrected chi connectivity index (χ0v) is 15.5. The molecule has 1 aromatic carbocycles. The average Bonchev–Trinajstić information content (AvgIpc) is 3.41. The minimum absolute atomic E-state index is 0.00247. The molecule has 3 fully saturated rings. The molecule has 6 nitrogen and oxygen atoms in total. The Hall–Kier alpha value is -2.44. The van der Waals surface area contributed by atoms with Gasteiger partial charge in [-0.05, 0) is 37.0 Å². The zero-order valence-electron chi connectivity index (χ0n) is 15.5. The van der Waals surface area contributed by atoms with Gasteiger partial charge in [0.25, 0.3) is 0 Å². The molecule has 0 radical (unpaired) electrons. The standard InChI is InChI=1S/C20H24FN3O3/c1-20(6-7-20)19(27)22-8-5-16-18(26)23(13-17(25)24(16)10-9-22)12-14-3-2-4-15(21)11-14/h2-4,11,16H,5-10,12-13H2,1H3. The van der Waals surface area contributed by atoms with E-state index < -0.39 is 6.04 Å². The second-order valence-electron chi connectivity index (χ2n) is 8.07. The average molecular weight is 373 g/mol. The Labute approximate surface area is 157 Å². The van der Waals surface area contributed by atoms with Crippen molar-refractivity contribution in [1.29, 1.82) is 0 Å². The van der Waals surface area contributed by atoms with Crippen molar-refractivity contribution in [2.75, 3.05) is 26.2 Å². The van der Waals surface area contributed by atoms with Crippen LogP contribution in [0.2, 0.25) is 0 Å². The van der Waals surface area contributed by atoms with Gasteiger partial charge in [0, 0.05) is 31.6 Å². The molecule has 3 aliphatic rings. The SMILES string of the molecule is CC1(C(=O)N2CCC3C(=O)N(Cc4cccc(F)c4)CC(=O)N3CC2)CC1. The maximum atomic E-state index is 13.4. The van der Waals surface area contributed by atoms with E-state index in [0.717, 1.165) is 12.8 Å². The van der Waals surface area contributed by atoms with Crippen LogP contribution in [-0.4, -0.2) is 64.6 Å². The van der Waals surface area contributed by atoms with Gasteiger partial charge in [-0.1, -0.05) is 19.1 Å². The molecule has 0 bridgehead atoms. The molecule has 0 spiro atoms. The molecule has 1 aromatic rings. The van der Waals surface area contributed by atoms with Crippen molar-refractivity contribution in [2.45, 2.75) is 38.8 Å². The van der Waals surface area contributed by atoms with E-state index in [9.17, 15) is 18.8 Å². The van der Waals surface area contributed by atoms with Gasteiger partial charge < -0.3 is 14.7 Å². The molecule has 1 unspecified atom stereocenters. The second-order valence-corrected chi connectivity index (χ2v) is 8.07. The molecule has 2 aliphatic heterocycles. The minimum Gasteiger partial charge on any atom is -0.340 e. The summed E-state index contributed by atoms with van der Waals surface area (Å²) in [5.74, 6) is -0.449. The lowest BCUT2D eigenvalue weighted by Crippen LogP contribution is -2.59. The van der Waals surface area contributed by atoms with Crippen molar-refractivity contribution in [3.8, 4) is 0 Å². The molecule has 2 saturated heterocycles. The molecule has 2 heterocycles. The largest absolute Gasteiger partial charge is 0.340 e. The predicted octanol–water partition coefficient (Wildman–Crippen LogP) is 1.40. The van der Waals surface area contributed by atoms with E-state index in [2.05, 4.69) is 0 Å². The van der Waals surface area contributed by atoms with E-state index in [-0.39, 0.29) is 42.0 Å². The second kappa shape index (κ2) is 6.62. The Morgan fingerprint density at radius 3 is 2.70 bits per heavy atom. The van der Waals surface area contributed by atoms with Gasteiger partial charge in [-0.15, -0.1) is 0 Å². The lowest BCUT2D eigenvalue weighted by molar-refractivity contribution is -0.156. The van der Waals surface area contributed by atoms with Crippen LogP contribution in [0, 0.1) is 11.2 Å². The van der Waals surface area contributed by atoms with Gasteiger partial charge in [0.1, 0.15) is 18.4 Å². The molecule has 1 saturated carbocycles. The van der Waals surface area contributed by atoms with Gasteiger partial charge in [-0.2, -0.15) is 0 Å². The lowest BCUT2D eigenvalue weighted by Gasteiger charge is -2.39. The van der Waals surface area contributed by atoms with E-state index >= 15 is 0 Å². The Balaban J connectivity index is 1.47. The van der Waals surface area contributed by atoms with Gasteiger partial charge in [-0.25, -0.2) is 4.39 Å². The Kier molecular flexibility index (Phi) is 4.40. The number of halogens is 1. The monoisotopic (exact) mass is 373 g/mol. The van der Waals surface area contributed by atoms with Gasteiger partial charge in [0.15, 0.2) is 0 Å². The molecule has 1 aliphatic carbocycles. The summed E-state index contributed by atoms with van der Waals surface area (Å²) in [7, 11) is 0. The van der Waals surface area contributed by atoms with Crippen molar-refractivity contribution in [3.05, 3.63) is 35.6 Å². The first kappa shape index (κ1) is 17.9. The summed E-state index contributed by atoms with van der Waals surface area (Å²) in [6.45, 7) is 3.55. The zero-order chi connectivity index (χ0) is 19.2. The van der Waals surface area contributed by atoms with Gasteiger partial charge in [0.05, 0.1) is 0 Å². The van der Waals surface area contributed by atoms with Crippen LogP contribution in [-0.2, 0) is 20.9 Å². The van der Waals surface area contributed by atoms with Crippen molar-refractivity contribution >= 4 is 17.7 Å². The maximum Gasteiger partial charge on any atom is 0.246 e. The number of rotatable bonds is 3. The van der Waals surface area contributed by atoms with Crippen LogP contribution in [0.1, 0.15) is 31.7 Å². The molecular formula is C20H24FN3O3. The number of amides is 3. The highest BCUT2D eigenvalue weighted by atomic mass is 19.1. The van der Waals surface area contributed by atoms with Crippen LogP contribution in [0.4, 0.5) is 4.39 Å². The van der Waals surface area contributed by atoms with E-state index in [1.54, 1.807) is 17.0 Å². The highest BCUT2D eigenvalue weighted by molar-refractivity contribution is 5.95. The summed E-state index contributed by atoms with van der Waals surface area (Å²) in [6.07, 6.45) is 2.27. The summed E-state index contributed by atoms with van der Waals surface area (Å²) in [5, 5.41) is 0. The van der Waals surface area contributed by atoms with Crippen molar-refractivity contribution in [2.24, 2.45) is 5.41 Å². The van der Waals surface area contributed by atoms with E-state index in [0.29, 0.717) is 31.6 Å². The molecule has 0 aromatic heterocycles. The quantitative estimate of drug-likeness (QED) is 0.805. The van der Waals surface area contributed by atoms with E-state index in [1.165, 1.54) is 17.0 Å². The molecule has 27 heavy (non-hydrogen) atoms. The fraction of sp³-hybridized carbons (Fsp3) is 0.550. The van der Waals surface area contributed by atoms with Gasteiger partial charge in [0.2, 0.25) is 17.7 Å². The van der Waals surface area contributed by atoms with Crippen LogP contribution in [0.3, 0.4) is 0 Å². The van der Waals surface area contributed by atoms with Crippen molar-refractivity contribution in [3.63, 3.8) is 0 Å². The third-order valence-corrected chi connectivity index (χ3v) is 5.97. The summed E-state index contributed by atoms with van der Waals surface area (Å²) in [5.41, 5.74) is 0.416. The predicted molar refractivity (Wildman–Crippen MR) is 95.9 cm³/mol. The number of piperazine rings is 1. The fourth-order valence-corrected chi connectivity index (χ4v) is 4.00. The normalized spacial score (nSPS) is 24.5. The number of carbonyl (C=O) groups is 3. The Morgan fingerprint density at radius 2 is 2.00 bits per heavy atom. The third kappa shape index (κ3) is 3.42. The summed E-state index contributed by atoms with van der Waals surface area (Å²) >= 11 is 0. The van der Waals surface area contributed by atoms with Crippen LogP contribution in [0.25, 0.3) is 0 Å². The first-order chi connectivity index (χ1) is 12.9. The smallest absolute Gasteiger partial charge is 0.246 e. The summed E-state index contributed by atoms with van der Waals surface area (Å²) in [6, 6.07) is 5.54. The minimum atomic E-state index is -0.537. The van der Waals surface area contributed by atoms with E-state index in [1.807, 2.05) is 11.8 Å². The van der Waals surface area contributed by atoms with Crippen LogP contribution < -0.4 is 0 Å². The molecular weight excluding hydrogens is 349 g/mol. The first-order valence-electron chi connectivity index (χ1n) is 9.49. The molecule has 0 N–H and O–H groups in total. The molecule has 7 heteroatoms. The maximum absolute atomic E-state index is 13.4. The van der Waals surface area contributed by atoms with Crippen molar-refractivity contribution < 1.29 is 18.8 Å². The topological polar surface area (TPSA) is 60.9 Å². The van der Waals surface area contributed by atoms with Gasteiger partial charge >= 0.3 is 0 Å². The lowest BCUT2D eigenvalue weighted by atomic mass is 10.1. The van der Waals surface area contributed by atoms with Crippen LogP contribution in [0.15, 0.2) is 24.3 Å². The van der Waals surface area contributed by atoms with Gasteiger partial charge in [-0.3, -0.25) is 14.4 Å². The number of hydrogen-bond acceptors (Lipinski definition) is 3. The molecule has 1 atom stereocenters. The number of nitrogens with zero attached hydrogens (tertiary/aromatic N) is 3. The third-order valence-electron chi connectivity index (χ3n) is 5.97. The number of carbonyl (C=O) groups excluding carboxylic acids is 3. The van der Waals surface area contributed by atoms with Crippen LogP contribution >= 0.6 is 0 Å². The highest BCUT2D eigenvalue weighted by Gasteiger charge is 2.48. The number of hydrogen-bond donors (Lipinski definition) is 0. The number of benzene rings is 1. The molecule has 3 amide bonds.